The number of guanidine groups is 1. The van der Waals surface area contributed by atoms with E-state index < -0.39 is 10.0 Å². The number of halogens is 1. The van der Waals surface area contributed by atoms with Gasteiger partial charge in [0.15, 0.2) is 5.96 Å². The maximum atomic E-state index is 11.3. The Morgan fingerprint density at radius 2 is 1.74 bits per heavy atom. The minimum atomic E-state index is -3.67. The Kier molecular flexibility index (Phi) is 9.00. The van der Waals surface area contributed by atoms with Crippen molar-refractivity contribution in [1.82, 2.24) is 10.6 Å². The van der Waals surface area contributed by atoms with E-state index in [-0.39, 0.29) is 28.9 Å². The molecule has 0 heterocycles. The van der Waals surface area contributed by atoms with Crippen LogP contribution < -0.4 is 20.5 Å². The van der Waals surface area contributed by atoms with Crippen LogP contribution in [0.5, 0.6) is 5.75 Å². The fourth-order valence-corrected chi connectivity index (χ4v) is 2.90. The third-order valence-electron chi connectivity index (χ3n) is 3.82. The molecule has 0 bridgehead atoms. The van der Waals surface area contributed by atoms with E-state index in [1.807, 2.05) is 25.1 Å². The van der Waals surface area contributed by atoms with Crippen LogP contribution in [0.25, 0.3) is 0 Å². The molecule has 0 aliphatic carbocycles. The van der Waals surface area contributed by atoms with Crippen molar-refractivity contribution in [1.29, 1.82) is 0 Å². The first-order valence-corrected chi connectivity index (χ1v) is 9.58. The third-order valence-corrected chi connectivity index (χ3v) is 4.75. The van der Waals surface area contributed by atoms with Crippen molar-refractivity contribution in [2.45, 2.75) is 24.9 Å². The summed E-state index contributed by atoms with van der Waals surface area (Å²) in [5, 5.41) is 11.5. The number of methoxy groups -OCH3 is 1. The zero-order chi connectivity index (χ0) is 19.2. The molecule has 0 unspecified atom stereocenters. The van der Waals surface area contributed by atoms with Crippen LogP contribution in [0.15, 0.2) is 52.4 Å². The summed E-state index contributed by atoms with van der Waals surface area (Å²) in [5.41, 5.74) is 3.07. The smallest absolute Gasteiger partial charge is 0.238 e. The number of hydrogen-bond donors (Lipinski definition) is 3. The molecule has 7 nitrogen and oxygen atoms in total. The third kappa shape index (κ3) is 7.00. The van der Waals surface area contributed by atoms with Crippen LogP contribution in [0, 0.1) is 6.92 Å². The first kappa shape index (κ1) is 23.2. The summed E-state index contributed by atoms with van der Waals surface area (Å²) in [6.07, 6.45) is 0. The van der Waals surface area contributed by atoms with Gasteiger partial charge in [0.05, 0.1) is 12.0 Å². The summed E-state index contributed by atoms with van der Waals surface area (Å²) >= 11 is 0. The number of nitrogens with zero attached hydrogens (tertiary/aromatic N) is 1. The maximum Gasteiger partial charge on any atom is 0.238 e. The van der Waals surface area contributed by atoms with Gasteiger partial charge in [-0.2, -0.15) is 0 Å². The fraction of sp³-hybridized carbons (Fsp3) is 0.278. The Balaban J connectivity index is 0.00000364. The second kappa shape index (κ2) is 10.5. The molecule has 4 N–H and O–H groups in total. The second-order valence-electron chi connectivity index (χ2n) is 5.78. The Hall–Kier alpha value is -1.85. The zero-order valence-corrected chi connectivity index (χ0v) is 18.7. The lowest BCUT2D eigenvalue weighted by atomic mass is 10.1. The van der Waals surface area contributed by atoms with Crippen LogP contribution in [-0.4, -0.2) is 28.5 Å². The van der Waals surface area contributed by atoms with E-state index in [9.17, 15) is 8.42 Å². The summed E-state index contributed by atoms with van der Waals surface area (Å²) in [4.78, 5) is 4.28. The van der Waals surface area contributed by atoms with Gasteiger partial charge in [-0.05, 0) is 36.2 Å². The molecule has 0 atom stereocenters. The molecule has 0 amide bonds. The normalized spacial score (nSPS) is 11.5. The molecule has 0 saturated carbocycles. The van der Waals surface area contributed by atoms with E-state index in [1.165, 1.54) is 12.1 Å². The summed E-state index contributed by atoms with van der Waals surface area (Å²) in [6.45, 7) is 3.07. The summed E-state index contributed by atoms with van der Waals surface area (Å²) < 4.78 is 27.9. The SMILES string of the molecule is CN=C(NCc1ccc(S(N)(=O)=O)cc1)NCc1ccc(C)cc1OC.I. The minimum absolute atomic E-state index is 0. The summed E-state index contributed by atoms with van der Waals surface area (Å²) in [7, 11) is -0.337. The number of nitrogens with two attached hydrogens (primary N) is 1. The van der Waals surface area contributed by atoms with E-state index >= 15 is 0 Å². The first-order chi connectivity index (χ1) is 12.3. The average molecular weight is 504 g/mol. The van der Waals surface area contributed by atoms with Gasteiger partial charge in [0.1, 0.15) is 5.75 Å². The molecule has 2 aromatic carbocycles. The van der Waals surface area contributed by atoms with E-state index in [0.717, 1.165) is 22.4 Å². The highest BCUT2D eigenvalue weighted by Crippen LogP contribution is 2.19. The predicted octanol–water partition coefficient (Wildman–Crippen LogP) is 2.13. The van der Waals surface area contributed by atoms with E-state index in [4.69, 9.17) is 9.88 Å². The summed E-state index contributed by atoms with van der Waals surface area (Å²) in [5.74, 6) is 1.45. The molecule has 0 aromatic heterocycles. The lowest BCUT2D eigenvalue weighted by Gasteiger charge is -2.14. The Morgan fingerprint density at radius 1 is 1.11 bits per heavy atom. The Morgan fingerprint density at radius 3 is 2.30 bits per heavy atom. The topological polar surface area (TPSA) is 106 Å². The van der Waals surface area contributed by atoms with Crippen LogP contribution in [0.3, 0.4) is 0 Å². The van der Waals surface area contributed by atoms with Crippen molar-refractivity contribution in [3.8, 4) is 5.75 Å². The zero-order valence-electron chi connectivity index (χ0n) is 15.5. The van der Waals surface area contributed by atoms with E-state index in [0.29, 0.717) is 19.0 Å². The van der Waals surface area contributed by atoms with Crippen molar-refractivity contribution >= 4 is 40.0 Å². The molecule has 9 heteroatoms. The number of sulfonamides is 1. The Labute approximate surface area is 177 Å². The lowest BCUT2D eigenvalue weighted by molar-refractivity contribution is 0.408. The monoisotopic (exact) mass is 504 g/mol. The molecule has 2 aromatic rings. The second-order valence-corrected chi connectivity index (χ2v) is 7.35. The molecule has 0 aliphatic rings. The van der Waals surface area contributed by atoms with Gasteiger partial charge >= 0.3 is 0 Å². The van der Waals surface area contributed by atoms with Gasteiger partial charge in [0.25, 0.3) is 0 Å². The van der Waals surface area contributed by atoms with Gasteiger partial charge in [-0.25, -0.2) is 13.6 Å². The van der Waals surface area contributed by atoms with E-state index in [2.05, 4.69) is 15.6 Å². The number of hydrogen-bond acceptors (Lipinski definition) is 4. The molecule has 148 valence electrons. The largest absolute Gasteiger partial charge is 0.496 e. The molecule has 0 aliphatic heterocycles. The molecular weight excluding hydrogens is 479 g/mol. The molecule has 2 rings (SSSR count). The molecular formula is C18H25IN4O3S. The van der Waals surface area contributed by atoms with Gasteiger partial charge in [0.2, 0.25) is 10.0 Å². The lowest BCUT2D eigenvalue weighted by Crippen LogP contribution is -2.36. The molecule has 27 heavy (non-hydrogen) atoms. The van der Waals surface area contributed by atoms with Crippen LogP contribution in [0.2, 0.25) is 0 Å². The fourth-order valence-electron chi connectivity index (χ4n) is 2.38. The molecule has 0 fully saturated rings. The maximum absolute atomic E-state index is 11.3. The number of ether oxygens (including phenoxy) is 1. The number of primary sulfonamides is 1. The number of aliphatic imine (C=N–C) groups is 1. The molecule has 0 radical (unpaired) electrons. The van der Waals surface area contributed by atoms with Gasteiger partial charge in [-0.15, -0.1) is 24.0 Å². The van der Waals surface area contributed by atoms with E-state index in [1.54, 1.807) is 26.3 Å². The highest BCUT2D eigenvalue weighted by atomic mass is 127. The quantitative estimate of drug-likeness (QED) is 0.318. The number of benzene rings is 2. The van der Waals surface area contributed by atoms with Crippen LogP contribution >= 0.6 is 24.0 Å². The van der Waals surface area contributed by atoms with Gasteiger partial charge in [0, 0.05) is 25.7 Å². The standard InChI is InChI=1S/C18H24N4O3S.HI/c1-13-4-7-15(17(10-13)25-3)12-22-18(20-2)21-11-14-5-8-16(9-6-14)26(19,23)24;/h4-10H,11-12H2,1-3H3,(H2,19,23,24)(H2,20,21,22);1H. The molecule has 0 spiro atoms. The van der Waals surface area contributed by atoms with Crippen molar-refractivity contribution in [3.63, 3.8) is 0 Å². The minimum Gasteiger partial charge on any atom is -0.496 e. The van der Waals surface area contributed by atoms with Crippen molar-refractivity contribution in [2.24, 2.45) is 10.1 Å². The highest BCUT2D eigenvalue weighted by Gasteiger charge is 2.07. The Bertz CT molecular complexity index is 884. The summed E-state index contributed by atoms with van der Waals surface area (Å²) in [6, 6.07) is 12.4. The van der Waals surface area contributed by atoms with Gasteiger partial charge in [-0.3, -0.25) is 4.99 Å². The molecule has 0 saturated heterocycles. The van der Waals surface area contributed by atoms with Crippen molar-refractivity contribution in [3.05, 3.63) is 59.2 Å². The number of aryl methyl sites for hydroxylation is 1. The van der Waals surface area contributed by atoms with Crippen LogP contribution in [0.4, 0.5) is 0 Å². The average Bonchev–Trinajstić information content (AvgIpc) is 2.62. The van der Waals surface area contributed by atoms with Crippen LogP contribution in [-0.2, 0) is 23.1 Å². The first-order valence-electron chi connectivity index (χ1n) is 8.03. The van der Waals surface area contributed by atoms with Crippen molar-refractivity contribution in [2.75, 3.05) is 14.2 Å². The van der Waals surface area contributed by atoms with Crippen LogP contribution in [0.1, 0.15) is 16.7 Å². The number of nitrogens with one attached hydrogen (secondary N) is 2. The number of rotatable bonds is 6. The van der Waals surface area contributed by atoms with Crippen molar-refractivity contribution < 1.29 is 13.2 Å². The predicted molar refractivity (Wildman–Crippen MR) is 118 cm³/mol. The van der Waals surface area contributed by atoms with Gasteiger partial charge in [-0.1, -0.05) is 24.3 Å². The van der Waals surface area contributed by atoms with Gasteiger partial charge < -0.3 is 15.4 Å². The highest BCUT2D eigenvalue weighted by molar-refractivity contribution is 14.0.